The number of nitrogen functional groups attached to an aromatic ring is 1. The van der Waals surface area contributed by atoms with Crippen molar-refractivity contribution in [3.05, 3.63) is 71.9 Å². The fourth-order valence-corrected chi connectivity index (χ4v) is 2.24. The van der Waals surface area contributed by atoms with Crippen LogP contribution in [-0.2, 0) is 6.54 Å². The summed E-state index contributed by atoms with van der Waals surface area (Å²) in [7, 11) is 0. The molecule has 0 radical (unpaired) electrons. The van der Waals surface area contributed by atoms with E-state index in [9.17, 15) is 0 Å². The average Bonchev–Trinajstić information content (AvgIpc) is 2.56. The molecule has 0 aliphatic carbocycles. The van der Waals surface area contributed by atoms with Crippen molar-refractivity contribution < 1.29 is 0 Å². The number of benzene rings is 2. The molecule has 0 aliphatic rings. The SMILES string of the molecule is Cc1cnc(NCc2ccccc2)nc1-c1ccc(N)cc1. The summed E-state index contributed by atoms with van der Waals surface area (Å²) in [4.78, 5) is 8.97. The Kier molecular flexibility index (Phi) is 4.01. The van der Waals surface area contributed by atoms with Gasteiger partial charge in [0, 0.05) is 24.0 Å². The number of aromatic nitrogens is 2. The Bertz CT molecular complexity index is 752. The van der Waals surface area contributed by atoms with Crippen LogP contribution in [0.2, 0.25) is 0 Å². The normalized spacial score (nSPS) is 10.4. The molecule has 3 rings (SSSR count). The highest BCUT2D eigenvalue weighted by Gasteiger charge is 2.06. The Morgan fingerprint density at radius 2 is 1.73 bits per heavy atom. The molecule has 110 valence electrons. The number of hydrogen-bond acceptors (Lipinski definition) is 4. The van der Waals surface area contributed by atoms with Gasteiger partial charge in [0.1, 0.15) is 0 Å². The molecule has 3 aromatic rings. The molecule has 1 heterocycles. The van der Waals surface area contributed by atoms with Gasteiger partial charge in [0.15, 0.2) is 0 Å². The Morgan fingerprint density at radius 3 is 2.45 bits per heavy atom. The van der Waals surface area contributed by atoms with Crippen molar-refractivity contribution in [2.75, 3.05) is 11.1 Å². The monoisotopic (exact) mass is 290 g/mol. The molecule has 2 aromatic carbocycles. The van der Waals surface area contributed by atoms with E-state index in [1.165, 1.54) is 5.56 Å². The molecule has 0 atom stereocenters. The maximum atomic E-state index is 5.74. The minimum Gasteiger partial charge on any atom is -0.399 e. The molecule has 0 saturated carbocycles. The zero-order chi connectivity index (χ0) is 15.4. The Balaban J connectivity index is 1.82. The molecule has 0 bridgehead atoms. The van der Waals surface area contributed by atoms with Crippen molar-refractivity contribution in [1.82, 2.24) is 9.97 Å². The van der Waals surface area contributed by atoms with Gasteiger partial charge < -0.3 is 11.1 Å². The first-order valence-corrected chi connectivity index (χ1v) is 7.20. The van der Waals surface area contributed by atoms with Gasteiger partial charge >= 0.3 is 0 Å². The smallest absolute Gasteiger partial charge is 0.223 e. The van der Waals surface area contributed by atoms with Crippen LogP contribution >= 0.6 is 0 Å². The maximum Gasteiger partial charge on any atom is 0.223 e. The lowest BCUT2D eigenvalue weighted by molar-refractivity contribution is 1.04. The second-order valence-electron chi connectivity index (χ2n) is 5.19. The lowest BCUT2D eigenvalue weighted by Gasteiger charge is -2.09. The summed E-state index contributed by atoms with van der Waals surface area (Å²) >= 11 is 0. The van der Waals surface area contributed by atoms with E-state index >= 15 is 0 Å². The quantitative estimate of drug-likeness (QED) is 0.720. The van der Waals surface area contributed by atoms with Gasteiger partial charge in [-0.1, -0.05) is 42.5 Å². The number of nitrogens with one attached hydrogen (secondary N) is 1. The van der Waals surface area contributed by atoms with Gasteiger partial charge in [0.05, 0.1) is 5.69 Å². The minimum absolute atomic E-state index is 0.626. The van der Waals surface area contributed by atoms with E-state index in [1.807, 2.05) is 55.6 Å². The van der Waals surface area contributed by atoms with E-state index in [0.717, 1.165) is 22.5 Å². The molecule has 0 amide bonds. The Hall–Kier alpha value is -2.88. The standard InChI is InChI=1S/C18H18N4/c1-13-11-20-18(21-12-14-5-3-2-4-6-14)22-17(13)15-7-9-16(19)10-8-15/h2-11H,12,19H2,1H3,(H,20,21,22). The third-order valence-corrected chi connectivity index (χ3v) is 3.45. The van der Waals surface area contributed by atoms with Crippen molar-refractivity contribution >= 4 is 11.6 Å². The molecular formula is C18H18N4. The lowest BCUT2D eigenvalue weighted by Crippen LogP contribution is -2.05. The molecule has 3 N–H and O–H groups in total. The van der Waals surface area contributed by atoms with Gasteiger partial charge in [-0.25, -0.2) is 9.97 Å². The van der Waals surface area contributed by atoms with E-state index in [0.29, 0.717) is 12.5 Å². The van der Waals surface area contributed by atoms with Crippen LogP contribution in [0.3, 0.4) is 0 Å². The van der Waals surface area contributed by atoms with Crippen LogP contribution < -0.4 is 11.1 Å². The Labute approximate surface area is 130 Å². The number of nitrogens with two attached hydrogens (primary N) is 1. The summed E-state index contributed by atoms with van der Waals surface area (Å²) in [6.07, 6.45) is 1.84. The van der Waals surface area contributed by atoms with Crippen molar-refractivity contribution in [3.63, 3.8) is 0 Å². The molecule has 1 aromatic heterocycles. The van der Waals surface area contributed by atoms with E-state index in [4.69, 9.17) is 5.73 Å². The third-order valence-electron chi connectivity index (χ3n) is 3.45. The van der Waals surface area contributed by atoms with E-state index < -0.39 is 0 Å². The second kappa shape index (κ2) is 6.26. The highest BCUT2D eigenvalue weighted by atomic mass is 15.1. The maximum absolute atomic E-state index is 5.74. The second-order valence-corrected chi connectivity index (χ2v) is 5.19. The van der Waals surface area contributed by atoms with Gasteiger partial charge in [-0.3, -0.25) is 0 Å². The van der Waals surface area contributed by atoms with Crippen LogP contribution in [0.5, 0.6) is 0 Å². The van der Waals surface area contributed by atoms with Crippen LogP contribution in [0, 0.1) is 6.92 Å². The lowest BCUT2D eigenvalue weighted by atomic mass is 10.1. The fraction of sp³-hybridized carbons (Fsp3) is 0.111. The zero-order valence-corrected chi connectivity index (χ0v) is 12.5. The number of anilines is 2. The molecule has 0 fully saturated rings. The molecule has 22 heavy (non-hydrogen) atoms. The summed E-state index contributed by atoms with van der Waals surface area (Å²) in [6, 6.07) is 17.9. The predicted molar refractivity (Wildman–Crippen MR) is 90.4 cm³/mol. The van der Waals surface area contributed by atoms with Gasteiger partial charge in [-0.05, 0) is 30.2 Å². The first-order valence-electron chi connectivity index (χ1n) is 7.20. The number of rotatable bonds is 4. The van der Waals surface area contributed by atoms with Crippen LogP contribution in [0.25, 0.3) is 11.3 Å². The van der Waals surface area contributed by atoms with Crippen LogP contribution in [-0.4, -0.2) is 9.97 Å². The zero-order valence-electron chi connectivity index (χ0n) is 12.5. The van der Waals surface area contributed by atoms with E-state index in [1.54, 1.807) is 0 Å². The molecule has 4 nitrogen and oxygen atoms in total. The van der Waals surface area contributed by atoms with Crippen LogP contribution in [0.4, 0.5) is 11.6 Å². The molecule has 4 heteroatoms. The van der Waals surface area contributed by atoms with Crippen molar-refractivity contribution in [2.45, 2.75) is 13.5 Å². The number of hydrogen-bond donors (Lipinski definition) is 2. The molecule has 0 unspecified atom stereocenters. The molecule has 0 aliphatic heterocycles. The highest BCUT2D eigenvalue weighted by molar-refractivity contribution is 5.65. The summed E-state index contributed by atoms with van der Waals surface area (Å²) in [5.74, 6) is 0.626. The summed E-state index contributed by atoms with van der Waals surface area (Å²) in [5.41, 5.74) is 10.7. The van der Waals surface area contributed by atoms with Crippen LogP contribution in [0.15, 0.2) is 60.8 Å². The van der Waals surface area contributed by atoms with Crippen molar-refractivity contribution in [1.29, 1.82) is 0 Å². The fourth-order valence-electron chi connectivity index (χ4n) is 2.24. The first kappa shape index (κ1) is 14.1. The van der Waals surface area contributed by atoms with Gasteiger partial charge in [0.2, 0.25) is 5.95 Å². The minimum atomic E-state index is 0.626. The number of aryl methyl sites for hydroxylation is 1. The van der Waals surface area contributed by atoms with E-state index in [2.05, 4.69) is 27.4 Å². The number of nitrogens with zero attached hydrogens (tertiary/aromatic N) is 2. The average molecular weight is 290 g/mol. The third kappa shape index (κ3) is 3.23. The van der Waals surface area contributed by atoms with Crippen molar-refractivity contribution in [2.24, 2.45) is 0 Å². The summed E-state index contributed by atoms with van der Waals surface area (Å²) < 4.78 is 0. The molecule has 0 saturated heterocycles. The molecule has 0 spiro atoms. The summed E-state index contributed by atoms with van der Waals surface area (Å²) in [5, 5.41) is 3.26. The van der Waals surface area contributed by atoms with Crippen LogP contribution in [0.1, 0.15) is 11.1 Å². The largest absolute Gasteiger partial charge is 0.399 e. The predicted octanol–water partition coefficient (Wildman–Crippen LogP) is 3.65. The highest BCUT2D eigenvalue weighted by Crippen LogP contribution is 2.22. The van der Waals surface area contributed by atoms with Crippen molar-refractivity contribution in [3.8, 4) is 11.3 Å². The van der Waals surface area contributed by atoms with Gasteiger partial charge in [-0.2, -0.15) is 0 Å². The van der Waals surface area contributed by atoms with Gasteiger partial charge in [-0.15, -0.1) is 0 Å². The first-order chi connectivity index (χ1) is 10.7. The Morgan fingerprint density at radius 1 is 1.00 bits per heavy atom. The topological polar surface area (TPSA) is 63.8 Å². The molecular weight excluding hydrogens is 272 g/mol. The van der Waals surface area contributed by atoms with E-state index in [-0.39, 0.29) is 0 Å². The van der Waals surface area contributed by atoms with Gasteiger partial charge in [0.25, 0.3) is 0 Å². The summed E-state index contributed by atoms with van der Waals surface area (Å²) in [6.45, 7) is 2.71.